The Labute approximate surface area is 108 Å². The van der Waals surface area contributed by atoms with Crippen LogP contribution >= 0.6 is 0 Å². The van der Waals surface area contributed by atoms with Crippen LogP contribution in [0.5, 0.6) is 0 Å². The topological polar surface area (TPSA) is 63.4 Å². The maximum atomic E-state index is 5.79. The molecule has 1 N–H and O–H groups in total. The van der Waals surface area contributed by atoms with E-state index in [2.05, 4.69) is 27.3 Å². The van der Waals surface area contributed by atoms with Crippen molar-refractivity contribution in [1.29, 1.82) is 0 Å². The van der Waals surface area contributed by atoms with E-state index in [0.717, 1.165) is 39.0 Å². The van der Waals surface area contributed by atoms with Crippen LogP contribution in [0.4, 0.5) is 6.01 Å². The van der Waals surface area contributed by atoms with Crippen molar-refractivity contribution in [1.82, 2.24) is 15.5 Å². The van der Waals surface area contributed by atoms with Crippen LogP contribution in [0.1, 0.15) is 32.1 Å². The molecule has 1 fully saturated rings. The summed E-state index contributed by atoms with van der Waals surface area (Å²) in [5.41, 5.74) is 0. The maximum absolute atomic E-state index is 5.79. The van der Waals surface area contributed by atoms with Gasteiger partial charge in [-0.3, -0.25) is 0 Å². The number of anilines is 1. The van der Waals surface area contributed by atoms with E-state index >= 15 is 0 Å². The van der Waals surface area contributed by atoms with Crippen LogP contribution in [-0.4, -0.2) is 43.0 Å². The average molecular weight is 254 g/mol. The number of ether oxygens (including phenoxy) is 1. The summed E-state index contributed by atoms with van der Waals surface area (Å²) in [6.07, 6.45) is 3.58. The molecule has 6 nitrogen and oxygen atoms in total. The summed E-state index contributed by atoms with van der Waals surface area (Å²) in [5.74, 6) is 0.629. The van der Waals surface area contributed by atoms with Crippen molar-refractivity contribution in [3.05, 3.63) is 5.89 Å². The monoisotopic (exact) mass is 254 g/mol. The van der Waals surface area contributed by atoms with E-state index in [1.165, 1.54) is 0 Å². The Morgan fingerprint density at radius 2 is 2.39 bits per heavy atom. The molecule has 0 spiro atoms. The van der Waals surface area contributed by atoms with Crippen molar-refractivity contribution < 1.29 is 9.15 Å². The van der Waals surface area contributed by atoms with E-state index in [4.69, 9.17) is 9.15 Å². The Balaban J connectivity index is 1.90. The highest BCUT2D eigenvalue weighted by Crippen LogP contribution is 2.20. The van der Waals surface area contributed by atoms with E-state index in [1.807, 2.05) is 7.05 Å². The van der Waals surface area contributed by atoms with Crippen molar-refractivity contribution in [3.8, 4) is 0 Å². The zero-order chi connectivity index (χ0) is 12.8. The molecule has 6 heteroatoms. The summed E-state index contributed by atoms with van der Waals surface area (Å²) in [7, 11) is 1.86. The molecule has 0 aromatic carbocycles. The fourth-order valence-electron chi connectivity index (χ4n) is 2.13. The first-order chi connectivity index (χ1) is 8.83. The zero-order valence-electron chi connectivity index (χ0n) is 11.2. The molecule has 0 amide bonds. The van der Waals surface area contributed by atoms with Gasteiger partial charge in [0.25, 0.3) is 0 Å². The lowest BCUT2D eigenvalue weighted by Crippen LogP contribution is -2.40. The second-order valence-electron chi connectivity index (χ2n) is 4.59. The van der Waals surface area contributed by atoms with Gasteiger partial charge in [0.1, 0.15) is 0 Å². The van der Waals surface area contributed by atoms with Gasteiger partial charge in [-0.25, -0.2) is 0 Å². The minimum Gasteiger partial charge on any atom is -0.407 e. The van der Waals surface area contributed by atoms with E-state index < -0.39 is 0 Å². The average Bonchev–Trinajstić information content (AvgIpc) is 2.86. The van der Waals surface area contributed by atoms with Crippen LogP contribution < -0.4 is 10.2 Å². The molecule has 2 rings (SSSR count). The van der Waals surface area contributed by atoms with Gasteiger partial charge in [-0.15, -0.1) is 5.10 Å². The molecule has 1 aliphatic heterocycles. The lowest BCUT2D eigenvalue weighted by Gasteiger charge is -2.31. The fourth-order valence-corrected chi connectivity index (χ4v) is 2.13. The molecule has 2 heterocycles. The highest BCUT2D eigenvalue weighted by Gasteiger charge is 2.23. The molecule has 0 aliphatic carbocycles. The van der Waals surface area contributed by atoms with E-state index in [1.54, 1.807) is 0 Å². The second-order valence-corrected chi connectivity index (χ2v) is 4.59. The largest absolute Gasteiger partial charge is 0.407 e. The smallest absolute Gasteiger partial charge is 0.318 e. The maximum Gasteiger partial charge on any atom is 0.318 e. The minimum absolute atomic E-state index is 0.290. The summed E-state index contributed by atoms with van der Waals surface area (Å²) in [6, 6.07) is 0.616. The number of nitrogens with one attached hydrogen (secondary N) is 1. The van der Waals surface area contributed by atoms with Gasteiger partial charge in [0.15, 0.2) is 0 Å². The lowest BCUT2D eigenvalue weighted by atomic mass is 10.1. The van der Waals surface area contributed by atoms with Gasteiger partial charge in [0, 0.05) is 19.7 Å². The van der Waals surface area contributed by atoms with Crippen molar-refractivity contribution >= 4 is 6.01 Å². The number of rotatable bonds is 6. The van der Waals surface area contributed by atoms with Crippen LogP contribution in [-0.2, 0) is 11.3 Å². The summed E-state index contributed by atoms with van der Waals surface area (Å²) >= 11 is 0. The quantitative estimate of drug-likeness (QED) is 0.822. The first-order valence-electron chi connectivity index (χ1n) is 6.67. The van der Waals surface area contributed by atoms with Crippen LogP contribution in [0.15, 0.2) is 4.42 Å². The molecule has 1 aromatic heterocycles. The van der Waals surface area contributed by atoms with Crippen molar-refractivity contribution in [2.75, 3.05) is 31.6 Å². The van der Waals surface area contributed by atoms with Gasteiger partial charge in [-0.05, 0) is 26.3 Å². The van der Waals surface area contributed by atoms with Crippen molar-refractivity contribution in [2.24, 2.45) is 0 Å². The van der Waals surface area contributed by atoms with Gasteiger partial charge in [0.2, 0.25) is 5.89 Å². The predicted octanol–water partition coefficient (Wildman–Crippen LogP) is 1.18. The van der Waals surface area contributed by atoms with Gasteiger partial charge in [-0.2, -0.15) is 0 Å². The molecule has 0 saturated carbocycles. The van der Waals surface area contributed by atoms with Crippen LogP contribution in [0.3, 0.4) is 0 Å². The molecular formula is C12H22N4O2. The van der Waals surface area contributed by atoms with Gasteiger partial charge < -0.3 is 19.4 Å². The first-order valence-corrected chi connectivity index (χ1v) is 6.67. The summed E-state index contributed by atoms with van der Waals surface area (Å²) < 4.78 is 11.4. The first kappa shape index (κ1) is 13.3. The third kappa shape index (κ3) is 3.43. The Bertz CT molecular complexity index is 356. The number of hydrogen-bond acceptors (Lipinski definition) is 6. The van der Waals surface area contributed by atoms with Crippen LogP contribution in [0.2, 0.25) is 0 Å². The molecular weight excluding hydrogens is 232 g/mol. The summed E-state index contributed by atoms with van der Waals surface area (Å²) in [4.78, 5) is 2.12. The standard InChI is InChI=1S/C12H22N4O2/c1-3-7-17-10-5-4-6-16(9-10)12-15-14-11(18-12)8-13-2/h10,13H,3-9H2,1-2H3. The third-order valence-corrected chi connectivity index (χ3v) is 2.99. The number of hydrogen-bond donors (Lipinski definition) is 1. The van der Waals surface area contributed by atoms with Crippen LogP contribution in [0, 0.1) is 0 Å². The van der Waals surface area contributed by atoms with Crippen molar-refractivity contribution in [2.45, 2.75) is 38.8 Å². The van der Waals surface area contributed by atoms with E-state index in [0.29, 0.717) is 24.6 Å². The second kappa shape index (κ2) is 6.70. The molecule has 1 unspecified atom stereocenters. The SMILES string of the molecule is CCCOC1CCCN(c2nnc(CNC)o2)C1. The molecule has 1 aliphatic rings. The van der Waals surface area contributed by atoms with Gasteiger partial charge in [0.05, 0.1) is 12.6 Å². The summed E-state index contributed by atoms with van der Waals surface area (Å²) in [5, 5.41) is 11.1. The van der Waals surface area contributed by atoms with E-state index in [9.17, 15) is 0 Å². The third-order valence-electron chi connectivity index (χ3n) is 2.99. The zero-order valence-corrected chi connectivity index (χ0v) is 11.2. The molecule has 1 saturated heterocycles. The molecule has 18 heavy (non-hydrogen) atoms. The van der Waals surface area contributed by atoms with E-state index in [-0.39, 0.29) is 0 Å². The highest BCUT2D eigenvalue weighted by molar-refractivity contribution is 5.25. The summed E-state index contributed by atoms with van der Waals surface area (Å²) in [6.45, 7) is 5.38. The highest BCUT2D eigenvalue weighted by atomic mass is 16.5. The number of piperidine rings is 1. The van der Waals surface area contributed by atoms with Crippen molar-refractivity contribution in [3.63, 3.8) is 0 Å². The van der Waals surface area contributed by atoms with Gasteiger partial charge >= 0.3 is 6.01 Å². The Morgan fingerprint density at radius 1 is 1.50 bits per heavy atom. The molecule has 1 atom stereocenters. The minimum atomic E-state index is 0.290. The number of aromatic nitrogens is 2. The Morgan fingerprint density at radius 3 is 3.17 bits per heavy atom. The Kier molecular flexibility index (Phi) is 4.95. The molecule has 0 bridgehead atoms. The van der Waals surface area contributed by atoms with Gasteiger partial charge in [-0.1, -0.05) is 12.0 Å². The molecule has 0 radical (unpaired) electrons. The van der Waals surface area contributed by atoms with Crippen LogP contribution in [0.25, 0.3) is 0 Å². The normalized spacial score (nSPS) is 20.3. The molecule has 102 valence electrons. The Hall–Kier alpha value is -1.14. The lowest BCUT2D eigenvalue weighted by molar-refractivity contribution is 0.0430. The predicted molar refractivity (Wildman–Crippen MR) is 68.5 cm³/mol. The number of nitrogens with zero attached hydrogens (tertiary/aromatic N) is 3. The fraction of sp³-hybridized carbons (Fsp3) is 0.833. The molecule has 1 aromatic rings.